The van der Waals surface area contributed by atoms with Gasteiger partial charge in [0, 0.05) is 25.0 Å². The number of imidazole rings is 1. The molecule has 0 aliphatic heterocycles. The maximum atomic E-state index is 12.8. The zero-order chi connectivity index (χ0) is 14.2. The number of alkyl halides is 3. The van der Waals surface area contributed by atoms with Gasteiger partial charge in [-0.1, -0.05) is 6.07 Å². The number of hydrogen-bond acceptors (Lipinski definition) is 2. The monoisotopic (exact) mass is 270 g/mol. The molecule has 2 aromatic rings. The van der Waals surface area contributed by atoms with E-state index >= 15 is 0 Å². The van der Waals surface area contributed by atoms with E-state index in [4.69, 9.17) is 5.11 Å². The topological polar surface area (TPSA) is 55.1 Å². The van der Waals surface area contributed by atoms with Crippen LogP contribution in [0.1, 0.15) is 15.9 Å². The molecule has 0 aliphatic rings. The summed E-state index contributed by atoms with van der Waals surface area (Å²) in [4.78, 5) is 14.7. The number of rotatable bonds is 2. The number of carboxylic acid groups (broad SMARTS) is 1. The Morgan fingerprint density at radius 1 is 1.37 bits per heavy atom. The molecular weight excluding hydrogens is 261 g/mol. The van der Waals surface area contributed by atoms with E-state index in [0.29, 0.717) is 5.82 Å². The lowest BCUT2D eigenvalue weighted by atomic mass is 10.0. The smallest absolute Gasteiger partial charge is 0.417 e. The second-order valence-corrected chi connectivity index (χ2v) is 3.93. The van der Waals surface area contributed by atoms with Crippen LogP contribution in [-0.4, -0.2) is 20.6 Å². The minimum Gasteiger partial charge on any atom is -0.478 e. The average Bonchev–Trinajstić information content (AvgIpc) is 2.73. The van der Waals surface area contributed by atoms with Gasteiger partial charge in [0.05, 0.1) is 11.1 Å². The molecule has 0 radical (unpaired) electrons. The largest absolute Gasteiger partial charge is 0.478 e. The van der Waals surface area contributed by atoms with Crippen LogP contribution in [0.25, 0.3) is 11.4 Å². The fourth-order valence-electron chi connectivity index (χ4n) is 1.75. The molecule has 19 heavy (non-hydrogen) atoms. The van der Waals surface area contributed by atoms with E-state index in [0.717, 1.165) is 12.1 Å². The van der Waals surface area contributed by atoms with Crippen molar-refractivity contribution in [3.8, 4) is 11.4 Å². The van der Waals surface area contributed by atoms with E-state index in [2.05, 4.69) is 4.98 Å². The summed E-state index contributed by atoms with van der Waals surface area (Å²) in [5.41, 5.74) is -1.74. The highest BCUT2D eigenvalue weighted by Gasteiger charge is 2.35. The van der Waals surface area contributed by atoms with E-state index in [1.807, 2.05) is 0 Å². The van der Waals surface area contributed by atoms with Crippen LogP contribution in [0.3, 0.4) is 0 Å². The van der Waals surface area contributed by atoms with Gasteiger partial charge in [-0.2, -0.15) is 13.2 Å². The number of halogens is 3. The first-order chi connectivity index (χ1) is 8.80. The van der Waals surface area contributed by atoms with Crippen LogP contribution in [-0.2, 0) is 13.2 Å². The summed E-state index contributed by atoms with van der Waals surface area (Å²) in [5, 5.41) is 8.78. The standard InChI is InChI=1S/C12H9F3N2O2/c1-17-5-4-16-10(17)7-2-3-8(11(18)19)9(6-7)12(13,14)15/h2-6H,1H3,(H,18,19). The van der Waals surface area contributed by atoms with E-state index < -0.39 is 23.3 Å². The highest BCUT2D eigenvalue weighted by molar-refractivity contribution is 5.90. The van der Waals surface area contributed by atoms with Gasteiger partial charge < -0.3 is 9.67 Å². The molecule has 0 saturated heterocycles. The zero-order valence-corrected chi connectivity index (χ0v) is 9.77. The minimum absolute atomic E-state index is 0.213. The summed E-state index contributed by atoms with van der Waals surface area (Å²) in [6, 6.07) is 3.04. The number of carboxylic acids is 1. The second kappa shape index (κ2) is 4.42. The Balaban J connectivity index is 2.63. The first kappa shape index (κ1) is 13.1. The predicted molar refractivity (Wildman–Crippen MR) is 60.6 cm³/mol. The third-order valence-electron chi connectivity index (χ3n) is 2.63. The quantitative estimate of drug-likeness (QED) is 0.912. The number of carbonyl (C=O) groups is 1. The van der Waals surface area contributed by atoms with Gasteiger partial charge in [0.2, 0.25) is 0 Å². The number of aromatic carboxylic acids is 1. The molecule has 0 bridgehead atoms. The number of benzene rings is 1. The molecule has 100 valence electrons. The Kier molecular flexibility index (Phi) is 3.05. The molecule has 7 heteroatoms. The van der Waals surface area contributed by atoms with Crippen molar-refractivity contribution in [2.45, 2.75) is 6.18 Å². The first-order valence-electron chi connectivity index (χ1n) is 5.23. The van der Waals surface area contributed by atoms with Crippen molar-refractivity contribution >= 4 is 5.97 Å². The van der Waals surface area contributed by atoms with Crippen LogP contribution in [0, 0.1) is 0 Å². The van der Waals surface area contributed by atoms with Crippen LogP contribution in [0.15, 0.2) is 30.6 Å². The summed E-state index contributed by atoms with van der Waals surface area (Å²) in [7, 11) is 1.64. The maximum absolute atomic E-state index is 12.8. The Morgan fingerprint density at radius 2 is 2.05 bits per heavy atom. The van der Waals surface area contributed by atoms with Crippen molar-refractivity contribution in [1.82, 2.24) is 9.55 Å². The zero-order valence-electron chi connectivity index (χ0n) is 9.77. The van der Waals surface area contributed by atoms with Crippen LogP contribution in [0.2, 0.25) is 0 Å². The van der Waals surface area contributed by atoms with Crippen LogP contribution < -0.4 is 0 Å². The molecule has 4 nitrogen and oxygen atoms in total. The van der Waals surface area contributed by atoms with E-state index in [-0.39, 0.29) is 5.56 Å². The Morgan fingerprint density at radius 3 is 2.53 bits per heavy atom. The Hall–Kier alpha value is -2.31. The summed E-state index contributed by atoms with van der Waals surface area (Å²) in [6.45, 7) is 0. The van der Waals surface area contributed by atoms with Gasteiger partial charge in [-0.25, -0.2) is 9.78 Å². The molecule has 1 aromatic carbocycles. The van der Waals surface area contributed by atoms with Crippen molar-refractivity contribution in [3.63, 3.8) is 0 Å². The van der Waals surface area contributed by atoms with Crippen molar-refractivity contribution in [3.05, 3.63) is 41.7 Å². The molecule has 0 atom stereocenters. The molecule has 1 aromatic heterocycles. The molecule has 0 aliphatic carbocycles. The average molecular weight is 270 g/mol. The molecule has 0 amide bonds. The molecule has 0 unspecified atom stereocenters. The van der Waals surface area contributed by atoms with Crippen LogP contribution in [0.4, 0.5) is 13.2 Å². The van der Waals surface area contributed by atoms with Gasteiger partial charge in [-0.05, 0) is 12.1 Å². The normalized spacial score (nSPS) is 11.6. The number of hydrogen-bond donors (Lipinski definition) is 1. The van der Waals surface area contributed by atoms with Crippen molar-refractivity contribution < 1.29 is 23.1 Å². The molecular formula is C12H9F3N2O2. The van der Waals surface area contributed by atoms with Crippen LogP contribution >= 0.6 is 0 Å². The van der Waals surface area contributed by atoms with Gasteiger partial charge >= 0.3 is 12.1 Å². The molecule has 1 N–H and O–H groups in total. The number of aromatic nitrogens is 2. The second-order valence-electron chi connectivity index (χ2n) is 3.93. The Bertz CT molecular complexity index is 632. The lowest BCUT2D eigenvalue weighted by Crippen LogP contribution is -2.13. The minimum atomic E-state index is -4.73. The van der Waals surface area contributed by atoms with E-state index in [9.17, 15) is 18.0 Å². The fraction of sp³-hybridized carbons (Fsp3) is 0.167. The molecule has 1 heterocycles. The van der Waals surface area contributed by atoms with Gasteiger partial charge in [-0.15, -0.1) is 0 Å². The summed E-state index contributed by atoms with van der Waals surface area (Å²) < 4.78 is 40.1. The van der Waals surface area contributed by atoms with Crippen molar-refractivity contribution in [1.29, 1.82) is 0 Å². The van der Waals surface area contributed by atoms with Gasteiger partial charge in [-0.3, -0.25) is 0 Å². The van der Waals surface area contributed by atoms with Gasteiger partial charge in [0.1, 0.15) is 5.82 Å². The third-order valence-corrected chi connectivity index (χ3v) is 2.63. The first-order valence-corrected chi connectivity index (χ1v) is 5.23. The van der Waals surface area contributed by atoms with Crippen molar-refractivity contribution in [2.75, 3.05) is 0 Å². The fourth-order valence-corrected chi connectivity index (χ4v) is 1.75. The van der Waals surface area contributed by atoms with Crippen LogP contribution in [0.5, 0.6) is 0 Å². The highest BCUT2D eigenvalue weighted by atomic mass is 19.4. The highest BCUT2D eigenvalue weighted by Crippen LogP contribution is 2.34. The number of nitrogens with zero attached hydrogens (tertiary/aromatic N) is 2. The van der Waals surface area contributed by atoms with E-state index in [1.165, 1.54) is 12.3 Å². The van der Waals surface area contributed by atoms with Crippen molar-refractivity contribution in [2.24, 2.45) is 7.05 Å². The third kappa shape index (κ3) is 2.44. The molecule has 0 fully saturated rings. The molecule has 2 rings (SSSR count). The number of aryl methyl sites for hydroxylation is 1. The molecule has 0 saturated carbocycles. The molecule has 0 spiro atoms. The van der Waals surface area contributed by atoms with E-state index in [1.54, 1.807) is 17.8 Å². The summed E-state index contributed by atoms with van der Waals surface area (Å²) in [6.07, 6.45) is -1.68. The summed E-state index contributed by atoms with van der Waals surface area (Å²) in [5.74, 6) is -1.28. The predicted octanol–water partition coefficient (Wildman–Crippen LogP) is 2.80. The van der Waals surface area contributed by atoms with Gasteiger partial charge in [0.15, 0.2) is 0 Å². The summed E-state index contributed by atoms with van der Waals surface area (Å²) >= 11 is 0. The lowest BCUT2D eigenvalue weighted by Gasteiger charge is -2.12. The van der Waals surface area contributed by atoms with Gasteiger partial charge in [0.25, 0.3) is 0 Å². The SMILES string of the molecule is Cn1ccnc1-c1ccc(C(=O)O)c(C(F)(F)F)c1. The maximum Gasteiger partial charge on any atom is 0.417 e. The Labute approximate surface area is 106 Å². The lowest BCUT2D eigenvalue weighted by molar-refractivity contribution is -0.138.